The molecule has 1 aliphatic carbocycles. The third-order valence-electron chi connectivity index (χ3n) is 3.42. The first-order chi connectivity index (χ1) is 7.30. The Morgan fingerprint density at radius 3 is 3.13 bits per heavy atom. The third kappa shape index (κ3) is 1.53. The fraction of sp³-hybridized carbons (Fsp3) is 0.500. The van der Waals surface area contributed by atoms with Crippen molar-refractivity contribution in [2.45, 2.75) is 18.4 Å². The minimum absolute atomic E-state index is 0.0334. The second kappa shape index (κ2) is 3.58. The van der Waals surface area contributed by atoms with E-state index < -0.39 is 0 Å². The predicted molar refractivity (Wildman–Crippen MR) is 63.0 cm³/mol. The zero-order chi connectivity index (χ0) is 10.3. The number of nitrogens with one attached hydrogen (secondary N) is 1. The van der Waals surface area contributed by atoms with Crippen LogP contribution in [0.1, 0.15) is 17.5 Å². The summed E-state index contributed by atoms with van der Waals surface area (Å²) in [5.41, 5.74) is 2.79. The highest BCUT2D eigenvalue weighted by atomic mass is 79.9. The predicted octanol–water partition coefficient (Wildman–Crippen LogP) is 2.21. The van der Waals surface area contributed by atoms with Crippen LogP contribution in [0.5, 0.6) is 0 Å². The van der Waals surface area contributed by atoms with Crippen LogP contribution >= 0.6 is 15.9 Å². The molecule has 0 amide bonds. The van der Waals surface area contributed by atoms with Crippen LogP contribution in [-0.4, -0.2) is 19.7 Å². The molecular weight excluding hydrogens is 254 g/mol. The lowest BCUT2D eigenvalue weighted by Crippen LogP contribution is -2.46. The van der Waals surface area contributed by atoms with E-state index in [0.717, 1.165) is 32.5 Å². The first-order valence-electron chi connectivity index (χ1n) is 5.44. The molecule has 80 valence electrons. The molecule has 1 atom stereocenters. The minimum Gasteiger partial charge on any atom is -0.368 e. The maximum absolute atomic E-state index is 6.01. The fourth-order valence-corrected chi connectivity index (χ4v) is 3.09. The quantitative estimate of drug-likeness (QED) is 0.779. The summed E-state index contributed by atoms with van der Waals surface area (Å²) in [6.07, 6.45) is 2.25. The van der Waals surface area contributed by atoms with Crippen LogP contribution < -0.4 is 5.32 Å². The van der Waals surface area contributed by atoms with Crippen LogP contribution in [0, 0.1) is 0 Å². The van der Waals surface area contributed by atoms with Gasteiger partial charge in [0, 0.05) is 17.6 Å². The van der Waals surface area contributed by atoms with Crippen molar-refractivity contribution in [2.24, 2.45) is 0 Å². The number of hydrogen-bond acceptors (Lipinski definition) is 2. The molecule has 1 fully saturated rings. The zero-order valence-corrected chi connectivity index (χ0v) is 10.1. The molecule has 0 saturated carbocycles. The minimum atomic E-state index is -0.0334. The summed E-state index contributed by atoms with van der Waals surface area (Å²) in [4.78, 5) is 0. The van der Waals surface area contributed by atoms with Crippen molar-refractivity contribution in [3.63, 3.8) is 0 Å². The Kier molecular flexibility index (Phi) is 2.34. The lowest BCUT2D eigenvalue weighted by atomic mass is 9.94. The SMILES string of the molecule is Brc1ccc2c(c1)CCC21CNCCO1. The maximum atomic E-state index is 6.01. The average molecular weight is 268 g/mol. The fourth-order valence-electron chi connectivity index (χ4n) is 2.68. The maximum Gasteiger partial charge on any atom is 0.106 e. The number of rotatable bonds is 0. The smallest absolute Gasteiger partial charge is 0.106 e. The summed E-state index contributed by atoms with van der Waals surface area (Å²) >= 11 is 3.52. The van der Waals surface area contributed by atoms with Crippen LogP contribution in [0.3, 0.4) is 0 Å². The molecule has 15 heavy (non-hydrogen) atoms. The number of halogens is 1. The van der Waals surface area contributed by atoms with Gasteiger partial charge in [0.05, 0.1) is 6.61 Å². The second-order valence-electron chi connectivity index (χ2n) is 4.32. The van der Waals surface area contributed by atoms with E-state index in [1.165, 1.54) is 15.6 Å². The molecule has 0 bridgehead atoms. The molecule has 2 nitrogen and oxygen atoms in total. The number of aryl methyl sites for hydroxylation is 1. The van der Waals surface area contributed by atoms with E-state index in [9.17, 15) is 0 Å². The van der Waals surface area contributed by atoms with Gasteiger partial charge in [-0.05, 0) is 36.1 Å². The molecule has 3 rings (SSSR count). The van der Waals surface area contributed by atoms with E-state index in [0.29, 0.717) is 0 Å². The average Bonchev–Trinajstić information content (AvgIpc) is 2.58. The Morgan fingerprint density at radius 2 is 2.33 bits per heavy atom. The Hall–Kier alpha value is -0.380. The molecule has 1 N–H and O–H groups in total. The lowest BCUT2D eigenvalue weighted by molar-refractivity contribution is -0.0695. The van der Waals surface area contributed by atoms with Gasteiger partial charge in [0.25, 0.3) is 0 Å². The third-order valence-corrected chi connectivity index (χ3v) is 3.92. The largest absolute Gasteiger partial charge is 0.368 e. The summed E-state index contributed by atoms with van der Waals surface area (Å²) in [7, 11) is 0. The second-order valence-corrected chi connectivity index (χ2v) is 5.24. The highest BCUT2D eigenvalue weighted by molar-refractivity contribution is 9.10. The highest BCUT2D eigenvalue weighted by Gasteiger charge is 2.40. The monoisotopic (exact) mass is 267 g/mol. The van der Waals surface area contributed by atoms with Crippen molar-refractivity contribution in [1.29, 1.82) is 0 Å². The molecule has 1 aliphatic heterocycles. The topological polar surface area (TPSA) is 21.3 Å². The standard InChI is InChI=1S/C12H14BrNO/c13-10-1-2-11-9(7-10)3-4-12(11)8-14-5-6-15-12/h1-2,7,14H,3-6,8H2. The molecular formula is C12H14BrNO. The van der Waals surface area contributed by atoms with Gasteiger partial charge in [0.2, 0.25) is 0 Å². The summed E-state index contributed by atoms with van der Waals surface area (Å²) in [6.45, 7) is 2.77. The van der Waals surface area contributed by atoms with E-state index in [2.05, 4.69) is 39.4 Å². The van der Waals surface area contributed by atoms with Gasteiger partial charge >= 0.3 is 0 Å². The van der Waals surface area contributed by atoms with Gasteiger partial charge in [-0.1, -0.05) is 22.0 Å². The number of fused-ring (bicyclic) bond motifs is 2. The lowest BCUT2D eigenvalue weighted by Gasteiger charge is -2.35. The van der Waals surface area contributed by atoms with Crippen LogP contribution in [0.25, 0.3) is 0 Å². The molecule has 1 spiro atoms. The normalized spacial score (nSPS) is 29.4. The summed E-state index contributed by atoms with van der Waals surface area (Å²) < 4.78 is 7.18. The first kappa shape index (κ1) is 9.82. The molecule has 2 aliphatic rings. The number of hydrogen-bond donors (Lipinski definition) is 1. The van der Waals surface area contributed by atoms with E-state index in [1.807, 2.05) is 0 Å². The van der Waals surface area contributed by atoms with Crippen molar-refractivity contribution in [3.05, 3.63) is 33.8 Å². The van der Waals surface area contributed by atoms with Gasteiger partial charge in [0.15, 0.2) is 0 Å². The van der Waals surface area contributed by atoms with Gasteiger partial charge in [-0.3, -0.25) is 0 Å². The molecule has 1 heterocycles. The van der Waals surface area contributed by atoms with Crippen LogP contribution in [0.2, 0.25) is 0 Å². The summed E-state index contributed by atoms with van der Waals surface area (Å²) in [6, 6.07) is 6.55. The Labute approximate surface area is 98.1 Å². The van der Waals surface area contributed by atoms with E-state index in [-0.39, 0.29) is 5.60 Å². The van der Waals surface area contributed by atoms with E-state index in [1.54, 1.807) is 0 Å². The molecule has 0 aromatic heterocycles. The van der Waals surface area contributed by atoms with E-state index in [4.69, 9.17) is 4.74 Å². The van der Waals surface area contributed by atoms with Crippen molar-refractivity contribution in [1.82, 2.24) is 5.32 Å². The van der Waals surface area contributed by atoms with Crippen molar-refractivity contribution in [2.75, 3.05) is 19.7 Å². The van der Waals surface area contributed by atoms with Crippen LogP contribution in [-0.2, 0) is 16.8 Å². The van der Waals surface area contributed by atoms with E-state index >= 15 is 0 Å². The Balaban J connectivity index is 2.03. The molecule has 0 radical (unpaired) electrons. The molecule has 1 unspecified atom stereocenters. The Bertz CT molecular complexity index is 385. The van der Waals surface area contributed by atoms with Crippen LogP contribution in [0.15, 0.2) is 22.7 Å². The van der Waals surface area contributed by atoms with Crippen molar-refractivity contribution >= 4 is 15.9 Å². The summed E-state index contributed by atoms with van der Waals surface area (Å²) in [5, 5.41) is 3.44. The molecule has 3 heteroatoms. The van der Waals surface area contributed by atoms with Gasteiger partial charge in [-0.2, -0.15) is 0 Å². The molecule has 1 aromatic rings. The number of benzene rings is 1. The molecule has 1 aromatic carbocycles. The van der Waals surface area contributed by atoms with Gasteiger partial charge in [-0.15, -0.1) is 0 Å². The highest BCUT2D eigenvalue weighted by Crippen LogP contribution is 2.41. The first-order valence-corrected chi connectivity index (χ1v) is 6.23. The Morgan fingerprint density at radius 1 is 1.40 bits per heavy atom. The summed E-state index contributed by atoms with van der Waals surface area (Å²) in [5.74, 6) is 0. The van der Waals surface area contributed by atoms with Crippen LogP contribution in [0.4, 0.5) is 0 Å². The number of morpholine rings is 1. The van der Waals surface area contributed by atoms with Crippen molar-refractivity contribution < 1.29 is 4.74 Å². The van der Waals surface area contributed by atoms with Gasteiger partial charge < -0.3 is 10.1 Å². The van der Waals surface area contributed by atoms with Gasteiger partial charge in [0.1, 0.15) is 5.60 Å². The zero-order valence-electron chi connectivity index (χ0n) is 8.55. The molecule has 1 saturated heterocycles. The number of ether oxygens (including phenoxy) is 1. The van der Waals surface area contributed by atoms with Gasteiger partial charge in [-0.25, -0.2) is 0 Å². The van der Waals surface area contributed by atoms with Crippen molar-refractivity contribution in [3.8, 4) is 0 Å².